The summed E-state index contributed by atoms with van der Waals surface area (Å²) in [5, 5.41) is 3.69. The largest absolute Gasteiger partial charge is 0.312 e. The lowest BCUT2D eigenvalue weighted by atomic mass is 9.67. The maximum atomic E-state index is 3.69. The summed E-state index contributed by atoms with van der Waals surface area (Å²) in [6.45, 7) is 4.60. The van der Waals surface area contributed by atoms with Gasteiger partial charge in [0.2, 0.25) is 0 Å². The van der Waals surface area contributed by atoms with Crippen LogP contribution in [0.2, 0.25) is 0 Å². The van der Waals surface area contributed by atoms with Crippen LogP contribution in [0.4, 0.5) is 0 Å². The van der Waals surface area contributed by atoms with Crippen molar-refractivity contribution in [1.82, 2.24) is 5.32 Å². The quantitative estimate of drug-likeness (QED) is 0.828. The Bertz CT molecular complexity index is 412. The molecule has 0 spiro atoms. The van der Waals surface area contributed by atoms with Gasteiger partial charge in [0, 0.05) is 13.1 Å². The standard InChI is InChI=1S/C17H25N/c1-2-17(9-4-10-17)13-18-12-14-7-8-15-5-3-6-16(15)11-14/h7-8,11,18H,2-6,9-10,12-13H2,1H3. The molecule has 1 saturated carbocycles. The third-order valence-corrected chi connectivity index (χ3v) is 5.16. The van der Waals surface area contributed by atoms with Gasteiger partial charge in [0.1, 0.15) is 0 Å². The van der Waals surface area contributed by atoms with Crippen LogP contribution < -0.4 is 5.32 Å². The van der Waals surface area contributed by atoms with Crippen LogP contribution in [0.5, 0.6) is 0 Å². The van der Waals surface area contributed by atoms with Gasteiger partial charge in [0.05, 0.1) is 0 Å². The SMILES string of the molecule is CCC1(CNCc2ccc3c(c2)CCC3)CCC1. The second-order valence-electron chi connectivity index (χ2n) is 6.27. The average Bonchev–Trinajstić information content (AvgIpc) is 2.80. The van der Waals surface area contributed by atoms with Gasteiger partial charge in [-0.1, -0.05) is 31.5 Å². The van der Waals surface area contributed by atoms with E-state index in [4.69, 9.17) is 0 Å². The Labute approximate surface area is 111 Å². The van der Waals surface area contributed by atoms with E-state index in [9.17, 15) is 0 Å². The Morgan fingerprint density at radius 3 is 2.67 bits per heavy atom. The predicted octanol–water partition coefficient (Wildman–Crippen LogP) is 3.85. The van der Waals surface area contributed by atoms with Gasteiger partial charge < -0.3 is 5.32 Å². The monoisotopic (exact) mass is 243 g/mol. The number of hydrogen-bond donors (Lipinski definition) is 1. The van der Waals surface area contributed by atoms with Crippen LogP contribution in [0.15, 0.2) is 18.2 Å². The fourth-order valence-corrected chi connectivity index (χ4v) is 3.54. The molecule has 18 heavy (non-hydrogen) atoms. The molecule has 98 valence electrons. The molecule has 3 rings (SSSR count). The van der Waals surface area contributed by atoms with Crippen LogP contribution in [-0.2, 0) is 19.4 Å². The molecule has 1 N–H and O–H groups in total. The van der Waals surface area contributed by atoms with Crippen molar-refractivity contribution in [3.63, 3.8) is 0 Å². The lowest BCUT2D eigenvalue weighted by Gasteiger charge is -2.41. The van der Waals surface area contributed by atoms with Gasteiger partial charge in [0.15, 0.2) is 0 Å². The minimum Gasteiger partial charge on any atom is -0.312 e. The third kappa shape index (κ3) is 2.33. The number of hydrogen-bond acceptors (Lipinski definition) is 1. The number of nitrogens with one attached hydrogen (secondary N) is 1. The van der Waals surface area contributed by atoms with Crippen LogP contribution in [0.1, 0.15) is 55.7 Å². The van der Waals surface area contributed by atoms with E-state index < -0.39 is 0 Å². The first-order valence-electron chi connectivity index (χ1n) is 7.63. The van der Waals surface area contributed by atoms with E-state index in [-0.39, 0.29) is 0 Å². The zero-order valence-corrected chi connectivity index (χ0v) is 11.6. The molecule has 1 aromatic carbocycles. The minimum atomic E-state index is 0.636. The molecule has 0 amide bonds. The molecule has 2 aliphatic rings. The van der Waals surface area contributed by atoms with E-state index >= 15 is 0 Å². The highest BCUT2D eigenvalue weighted by molar-refractivity contribution is 5.35. The van der Waals surface area contributed by atoms with Crippen molar-refractivity contribution in [2.45, 2.75) is 58.4 Å². The van der Waals surface area contributed by atoms with E-state index in [1.165, 1.54) is 57.1 Å². The molecule has 1 aromatic rings. The van der Waals surface area contributed by atoms with Crippen molar-refractivity contribution >= 4 is 0 Å². The number of aryl methyl sites for hydroxylation is 2. The fourth-order valence-electron chi connectivity index (χ4n) is 3.54. The maximum absolute atomic E-state index is 3.69. The van der Waals surface area contributed by atoms with Gasteiger partial charge >= 0.3 is 0 Å². The van der Waals surface area contributed by atoms with Crippen molar-refractivity contribution in [2.75, 3.05) is 6.54 Å². The smallest absolute Gasteiger partial charge is 0.0205 e. The van der Waals surface area contributed by atoms with Gasteiger partial charge in [-0.25, -0.2) is 0 Å². The summed E-state index contributed by atoms with van der Waals surface area (Å²) in [4.78, 5) is 0. The number of fused-ring (bicyclic) bond motifs is 1. The van der Waals surface area contributed by atoms with E-state index in [2.05, 4.69) is 30.4 Å². The highest BCUT2D eigenvalue weighted by atomic mass is 14.9. The summed E-state index contributed by atoms with van der Waals surface area (Å²) >= 11 is 0. The first-order valence-corrected chi connectivity index (χ1v) is 7.63. The topological polar surface area (TPSA) is 12.0 Å². The van der Waals surface area contributed by atoms with Gasteiger partial charge in [-0.3, -0.25) is 0 Å². The Morgan fingerprint density at radius 2 is 1.94 bits per heavy atom. The summed E-state index contributed by atoms with van der Waals surface area (Å²) in [5.74, 6) is 0. The number of benzene rings is 1. The van der Waals surface area contributed by atoms with Crippen molar-refractivity contribution in [1.29, 1.82) is 0 Å². The molecule has 1 fully saturated rings. The molecule has 0 unspecified atom stereocenters. The van der Waals surface area contributed by atoms with E-state index in [1.54, 1.807) is 11.1 Å². The van der Waals surface area contributed by atoms with Gasteiger partial charge in [-0.05, 0) is 60.6 Å². The lowest BCUT2D eigenvalue weighted by Crippen LogP contribution is -2.39. The van der Waals surface area contributed by atoms with Crippen LogP contribution in [-0.4, -0.2) is 6.54 Å². The Kier molecular flexibility index (Phi) is 3.43. The summed E-state index contributed by atoms with van der Waals surface area (Å²) in [6, 6.07) is 7.09. The van der Waals surface area contributed by atoms with Gasteiger partial charge in [-0.2, -0.15) is 0 Å². The highest BCUT2D eigenvalue weighted by Crippen LogP contribution is 2.43. The molecule has 2 aliphatic carbocycles. The van der Waals surface area contributed by atoms with Crippen LogP contribution in [0.25, 0.3) is 0 Å². The molecule has 0 atom stereocenters. The molecular formula is C17H25N. The van der Waals surface area contributed by atoms with E-state index in [0.717, 1.165) is 6.54 Å². The van der Waals surface area contributed by atoms with Crippen molar-refractivity contribution < 1.29 is 0 Å². The highest BCUT2D eigenvalue weighted by Gasteiger charge is 2.34. The molecule has 0 bridgehead atoms. The fraction of sp³-hybridized carbons (Fsp3) is 0.647. The second-order valence-corrected chi connectivity index (χ2v) is 6.27. The molecule has 0 radical (unpaired) electrons. The Morgan fingerprint density at radius 1 is 1.11 bits per heavy atom. The molecule has 0 aromatic heterocycles. The molecule has 1 nitrogen and oxygen atoms in total. The van der Waals surface area contributed by atoms with E-state index in [0.29, 0.717) is 5.41 Å². The average molecular weight is 243 g/mol. The van der Waals surface area contributed by atoms with E-state index in [1.807, 2.05) is 0 Å². The molecule has 0 saturated heterocycles. The minimum absolute atomic E-state index is 0.636. The zero-order chi connectivity index (χ0) is 12.4. The summed E-state index contributed by atoms with van der Waals surface area (Å²) in [6.07, 6.45) is 9.58. The first-order chi connectivity index (χ1) is 8.81. The van der Waals surface area contributed by atoms with Crippen molar-refractivity contribution in [3.8, 4) is 0 Å². The van der Waals surface area contributed by atoms with Crippen molar-refractivity contribution in [2.24, 2.45) is 5.41 Å². The molecular weight excluding hydrogens is 218 g/mol. The molecule has 0 heterocycles. The third-order valence-electron chi connectivity index (χ3n) is 5.16. The maximum Gasteiger partial charge on any atom is 0.0205 e. The summed E-state index contributed by atoms with van der Waals surface area (Å²) in [7, 11) is 0. The lowest BCUT2D eigenvalue weighted by molar-refractivity contribution is 0.124. The van der Waals surface area contributed by atoms with Gasteiger partial charge in [-0.15, -0.1) is 0 Å². The summed E-state index contributed by atoms with van der Waals surface area (Å²) < 4.78 is 0. The predicted molar refractivity (Wildman–Crippen MR) is 76.7 cm³/mol. The van der Waals surface area contributed by atoms with Crippen LogP contribution >= 0.6 is 0 Å². The molecule has 0 aliphatic heterocycles. The summed E-state index contributed by atoms with van der Waals surface area (Å²) in [5.41, 5.74) is 5.30. The number of rotatable bonds is 5. The Hall–Kier alpha value is -0.820. The normalized spacial score (nSPS) is 20.5. The Balaban J connectivity index is 1.54. The van der Waals surface area contributed by atoms with Crippen LogP contribution in [0, 0.1) is 5.41 Å². The second kappa shape index (κ2) is 5.05. The van der Waals surface area contributed by atoms with Gasteiger partial charge in [0.25, 0.3) is 0 Å². The zero-order valence-electron chi connectivity index (χ0n) is 11.6. The van der Waals surface area contributed by atoms with Crippen molar-refractivity contribution in [3.05, 3.63) is 34.9 Å². The first kappa shape index (κ1) is 12.2. The molecule has 1 heteroatoms. The van der Waals surface area contributed by atoms with Crippen LogP contribution in [0.3, 0.4) is 0 Å².